The molecule has 3 rings (SSSR count). The van der Waals surface area contributed by atoms with Crippen LogP contribution in [0.1, 0.15) is 78.2 Å². The lowest BCUT2D eigenvalue weighted by atomic mass is 9.76. The molecule has 0 bridgehead atoms. The minimum absolute atomic E-state index is 0.000932. The smallest absolute Gasteiger partial charge is 0.223 e. The van der Waals surface area contributed by atoms with Gasteiger partial charge < -0.3 is 15.0 Å². The SMILES string of the molecule is CC(C)CNC(=O)C[C@@H]1CC2(CCN(C(=O)CC(C)(C)C)CC2)Oc2ccccc21. The van der Waals surface area contributed by atoms with Crippen LogP contribution in [0.2, 0.25) is 0 Å². The zero-order valence-electron chi connectivity index (χ0n) is 19.3. The van der Waals surface area contributed by atoms with E-state index in [2.05, 4.69) is 46.0 Å². The lowest BCUT2D eigenvalue weighted by Crippen LogP contribution is -2.52. The van der Waals surface area contributed by atoms with E-state index < -0.39 is 0 Å². The molecule has 30 heavy (non-hydrogen) atoms. The Morgan fingerprint density at radius 2 is 1.87 bits per heavy atom. The van der Waals surface area contributed by atoms with Crippen molar-refractivity contribution in [3.8, 4) is 5.75 Å². The van der Waals surface area contributed by atoms with E-state index in [1.54, 1.807) is 0 Å². The number of carbonyl (C=O) groups is 2. The van der Waals surface area contributed by atoms with Crippen LogP contribution in [-0.2, 0) is 9.59 Å². The molecular weight excluding hydrogens is 376 g/mol. The maximum atomic E-state index is 12.7. The molecule has 1 aromatic rings. The van der Waals surface area contributed by atoms with Crippen molar-refractivity contribution in [1.82, 2.24) is 10.2 Å². The summed E-state index contributed by atoms with van der Waals surface area (Å²) in [4.78, 5) is 27.2. The van der Waals surface area contributed by atoms with E-state index in [1.165, 1.54) is 0 Å². The summed E-state index contributed by atoms with van der Waals surface area (Å²) in [5, 5.41) is 3.06. The molecule has 0 unspecified atom stereocenters. The summed E-state index contributed by atoms with van der Waals surface area (Å²) in [6.45, 7) is 12.7. The summed E-state index contributed by atoms with van der Waals surface area (Å²) in [5.74, 6) is 1.84. The number of ether oxygens (including phenoxy) is 1. The number of likely N-dealkylation sites (tertiary alicyclic amines) is 1. The minimum Gasteiger partial charge on any atom is -0.487 e. The number of amides is 2. The Balaban J connectivity index is 1.69. The van der Waals surface area contributed by atoms with Crippen LogP contribution in [0.4, 0.5) is 0 Å². The number of fused-ring (bicyclic) bond motifs is 1. The van der Waals surface area contributed by atoms with Gasteiger partial charge in [0.05, 0.1) is 0 Å². The van der Waals surface area contributed by atoms with Crippen molar-refractivity contribution in [3.05, 3.63) is 29.8 Å². The van der Waals surface area contributed by atoms with Gasteiger partial charge in [-0.15, -0.1) is 0 Å². The fourth-order valence-corrected chi connectivity index (χ4v) is 4.58. The highest BCUT2D eigenvalue weighted by molar-refractivity contribution is 5.77. The Hall–Kier alpha value is -2.04. The topological polar surface area (TPSA) is 58.6 Å². The van der Waals surface area contributed by atoms with E-state index in [-0.39, 0.29) is 28.7 Å². The summed E-state index contributed by atoms with van der Waals surface area (Å²) in [7, 11) is 0. The van der Waals surface area contributed by atoms with Crippen LogP contribution in [0.25, 0.3) is 0 Å². The number of piperidine rings is 1. The molecule has 0 saturated carbocycles. The highest BCUT2D eigenvalue weighted by Crippen LogP contribution is 2.46. The summed E-state index contributed by atoms with van der Waals surface area (Å²) in [6.07, 6.45) is 3.53. The largest absolute Gasteiger partial charge is 0.487 e. The van der Waals surface area contributed by atoms with Crippen LogP contribution < -0.4 is 10.1 Å². The van der Waals surface area contributed by atoms with Gasteiger partial charge in [-0.3, -0.25) is 9.59 Å². The second-order valence-corrected chi connectivity index (χ2v) is 10.7. The summed E-state index contributed by atoms with van der Waals surface area (Å²) < 4.78 is 6.53. The van der Waals surface area contributed by atoms with Gasteiger partial charge in [-0.2, -0.15) is 0 Å². The highest BCUT2D eigenvalue weighted by Gasteiger charge is 2.44. The number of nitrogens with one attached hydrogen (secondary N) is 1. The zero-order valence-corrected chi connectivity index (χ0v) is 19.3. The normalized spacial score (nSPS) is 20.6. The van der Waals surface area contributed by atoms with Crippen molar-refractivity contribution < 1.29 is 14.3 Å². The Labute approximate surface area is 181 Å². The lowest BCUT2D eigenvalue weighted by molar-refractivity contribution is -0.137. The molecule has 1 N–H and O–H groups in total. The third-order valence-corrected chi connectivity index (χ3v) is 6.15. The number of rotatable bonds is 5. The standard InChI is InChI=1S/C25H38N2O3/c1-18(2)17-26-22(28)14-19-15-25(30-21-9-7-6-8-20(19)21)10-12-27(13-11-25)23(29)16-24(3,4)5/h6-9,18-19H,10-17H2,1-5H3,(H,26,28)/t19-/m1/s1. The van der Waals surface area contributed by atoms with E-state index in [9.17, 15) is 9.59 Å². The van der Waals surface area contributed by atoms with Gasteiger partial charge in [0.15, 0.2) is 0 Å². The molecule has 1 aromatic carbocycles. The van der Waals surface area contributed by atoms with Crippen LogP contribution in [0.5, 0.6) is 5.75 Å². The van der Waals surface area contributed by atoms with E-state index in [0.29, 0.717) is 25.3 Å². The molecule has 0 aromatic heterocycles. The molecular formula is C25H38N2O3. The van der Waals surface area contributed by atoms with Gasteiger partial charge in [-0.05, 0) is 29.4 Å². The Morgan fingerprint density at radius 3 is 2.50 bits per heavy atom. The molecule has 0 radical (unpaired) electrons. The molecule has 5 heteroatoms. The quantitative estimate of drug-likeness (QED) is 0.771. The maximum absolute atomic E-state index is 12.7. The van der Waals surface area contributed by atoms with E-state index in [1.807, 2.05) is 23.1 Å². The monoisotopic (exact) mass is 414 g/mol. The van der Waals surface area contributed by atoms with Crippen LogP contribution in [0.15, 0.2) is 24.3 Å². The molecule has 1 fully saturated rings. The van der Waals surface area contributed by atoms with Gasteiger partial charge in [0.1, 0.15) is 11.4 Å². The average Bonchev–Trinajstić information content (AvgIpc) is 2.65. The van der Waals surface area contributed by atoms with Crippen molar-refractivity contribution in [2.24, 2.45) is 11.3 Å². The molecule has 166 valence electrons. The first-order valence-electron chi connectivity index (χ1n) is 11.4. The molecule has 0 aliphatic carbocycles. The Morgan fingerprint density at radius 1 is 1.20 bits per heavy atom. The van der Waals surface area contributed by atoms with E-state index in [4.69, 9.17) is 4.74 Å². The van der Waals surface area contributed by atoms with Crippen LogP contribution in [-0.4, -0.2) is 41.9 Å². The second kappa shape index (κ2) is 8.99. The fourth-order valence-electron chi connectivity index (χ4n) is 4.58. The first-order valence-corrected chi connectivity index (χ1v) is 11.4. The fraction of sp³-hybridized carbons (Fsp3) is 0.680. The number of hydrogen-bond donors (Lipinski definition) is 1. The molecule has 1 atom stereocenters. The first-order chi connectivity index (χ1) is 14.1. The molecule has 1 saturated heterocycles. The Kier molecular flexibility index (Phi) is 6.78. The number of nitrogens with zero attached hydrogens (tertiary/aromatic N) is 1. The second-order valence-electron chi connectivity index (χ2n) is 10.7. The van der Waals surface area contributed by atoms with Crippen molar-refractivity contribution in [1.29, 1.82) is 0 Å². The molecule has 2 heterocycles. The van der Waals surface area contributed by atoms with E-state index >= 15 is 0 Å². The number of carbonyl (C=O) groups excluding carboxylic acids is 2. The highest BCUT2D eigenvalue weighted by atomic mass is 16.5. The molecule has 2 amide bonds. The van der Waals surface area contributed by atoms with Crippen molar-refractivity contribution in [2.45, 2.75) is 78.2 Å². The number of para-hydroxylation sites is 1. The minimum atomic E-state index is -0.282. The third kappa shape index (κ3) is 5.77. The lowest BCUT2D eigenvalue weighted by Gasteiger charge is -2.47. The van der Waals surface area contributed by atoms with Gasteiger partial charge in [0.25, 0.3) is 0 Å². The third-order valence-electron chi connectivity index (χ3n) is 6.15. The first kappa shape index (κ1) is 22.6. The summed E-state index contributed by atoms with van der Waals surface area (Å²) >= 11 is 0. The number of hydrogen-bond acceptors (Lipinski definition) is 3. The summed E-state index contributed by atoms with van der Waals surface area (Å²) in [6, 6.07) is 8.12. The Bertz CT molecular complexity index is 758. The number of benzene rings is 1. The predicted molar refractivity (Wildman–Crippen MR) is 120 cm³/mol. The van der Waals surface area contributed by atoms with Gasteiger partial charge in [-0.1, -0.05) is 52.8 Å². The molecule has 2 aliphatic rings. The van der Waals surface area contributed by atoms with Gasteiger partial charge in [0, 0.05) is 51.2 Å². The van der Waals surface area contributed by atoms with Gasteiger partial charge >= 0.3 is 0 Å². The van der Waals surface area contributed by atoms with Crippen molar-refractivity contribution >= 4 is 11.8 Å². The van der Waals surface area contributed by atoms with Crippen LogP contribution >= 0.6 is 0 Å². The van der Waals surface area contributed by atoms with E-state index in [0.717, 1.165) is 43.7 Å². The van der Waals surface area contributed by atoms with Gasteiger partial charge in [0.2, 0.25) is 11.8 Å². The molecule has 2 aliphatic heterocycles. The zero-order chi connectivity index (χ0) is 21.9. The van der Waals surface area contributed by atoms with Gasteiger partial charge in [-0.25, -0.2) is 0 Å². The maximum Gasteiger partial charge on any atom is 0.223 e. The van der Waals surface area contributed by atoms with Crippen molar-refractivity contribution in [2.75, 3.05) is 19.6 Å². The predicted octanol–water partition coefficient (Wildman–Crippen LogP) is 4.51. The molecule has 1 spiro atoms. The van der Waals surface area contributed by atoms with Crippen LogP contribution in [0, 0.1) is 11.3 Å². The average molecular weight is 415 g/mol. The molecule has 5 nitrogen and oxygen atoms in total. The summed E-state index contributed by atoms with van der Waals surface area (Å²) in [5.41, 5.74) is 0.852. The van der Waals surface area contributed by atoms with Crippen molar-refractivity contribution in [3.63, 3.8) is 0 Å². The van der Waals surface area contributed by atoms with Crippen LogP contribution in [0.3, 0.4) is 0 Å².